The largest absolute Gasteiger partial charge is 0.508 e. The highest BCUT2D eigenvalue weighted by Gasteiger charge is 2.32. The van der Waals surface area contributed by atoms with Crippen molar-refractivity contribution < 1.29 is 72.4 Å². The second-order valence-corrected chi connectivity index (χ2v) is 20.8. The summed E-state index contributed by atoms with van der Waals surface area (Å²) in [6, 6.07) is 20.5. The molecule has 0 aliphatic carbocycles. The molecule has 9 amide bonds. The van der Waals surface area contributed by atoms with Crippen molar-refractivity contribution in [2.24, 2.45) is 11.7 Å². The lowest BCUT2D eigenvalue weighted by Crippen LogP contribution is -2.51. The number of hydrogen-bond acceptors (Lipinski definition) is 16. The molecule has 0 bridgehead atoms. The van der Waals surface area contributed by atoms with Gasteiger partial charge in [0.1, 0.15) is 48.1 Å². The summed E-state index contributed by atoms with van der Waals surface area (Å²) < 4.78 is 16.8. The predicted octanol–water partition coefficient (Wildman–Crippen LogP) is 5.57. The molecule has 4 aromatic carbocycles. The maximum Gasteiger partial charge on any atom is 0.415 e. The summed E-state index contributed by atoms with van der Waals surface area (Å²) in [5, 5.41) is 31.3. The van der Waals surface area contributed by atoms with E-state index in [9.17, 15) is 58.2 Å². The summed E-state index contributed by atoms with van der Waals surface area (Å²) in [7, 11) is 1.49. The highest BCUT2D eigenvalue weighted by molar-refractivity contribution is 6.13. The number of fused-ring (bicyclic) bond motifs is 4. The summed E-state index contributed by atoms with van der Waals surface area (Å²) in [5.74, 6) is -4.45. The van der Waals surface area contributed by atoms with Crippen LogP contribution >= 0.6 is 0 Å². The van der Waals surface area contributed by atoms with Gasteiger partial charge in [0, 0.05) is 73.5 Å². The number of carboxylic acids is 1. The summed E-state index contributed by atoms with van der Waals surface area (Å²) in [5.41, 5.74) is 10.3. The number of phenols is 1. The van der Waals surface area contributed by atoms with Crippen molar-refractivity contribution in [2.45, 2.75) is 65.1 Å². The lowest BCUT2D eigenvalue weighted by molar-refractivity contribution is -0.139. The van der Waals surface area contributed by atoms with E-state index in [-0.39, 0.29) is 68.9 Å². The number of nitrogens with zero attached hydrogens (tertiary/aromatic N) is 5. The molecule has 2 aromatic heterocycles. The first-order valence-electron chi connectivity index (χ1n) is 27.6. The molecular weight excluding hydrogens is 1110 g/mol. The van der Waals surface area contributed by atoms with E-state index in [2.05, 4.69) is 31.2 Å². The number of aryl methyl sites for hydroxylation is 1. The van der Waals surface area contributed by atoms with Crippen LogP contribution in [0.2, 0.25) is 0 Å². The van der Waals surface area contributed by atoms with Crippen LogP contribution < -0.4 is 36.6 Å². The van der Waals surface area contributed by atoms with Crippen molar-refractivity contribution in [3.63, 3.8) is 0 Å². The Labute approximate surface area is 492 Å². The number of likely N-dealkylation sites (N-methyl/N-ethyl adjacent to an activating group) is 1. The number of carbonyl (C=O) groups excluding carboxylic acids is 9. The number of phenolic OH excluding ortho intramolecular Hbond substituents is 1. The third-order valence-corrected chi connectivity index (χ3v) is 14.3. The van der Waals surface area contributed by atoms with Gasteiger partial charge in [0.25, 0.3) is 23.6 Å². The number of aromatic nitrogens is 2. The first kappa shape index (κ1) is 61.7. The van der Waals surface area contributed by atoms with Crippen LogP contribution in [0.5, 0.6) is 11.5 Å². The maximum atomic E-state index is 14.4. The molecule has 4 heterocycles. The Morgan fingerprint density at radius 2 is 1.58 bits per heavy atom. The van der Waals surface area contributed by atoms with Gasteiger partial charge in [0.05, 0.1) is 30.7 Å². The number of rotatable bonds is 24. The van der Waals surface area contributed by atoms with Gasteiger partial charge in [-0.3, -0.25) is 38.5 Å². The third-order valence-electron chi connectivity index (χ3n) is 14.3. The minimum atomic E-state index is -1.15. The fraction of sp³-hybridized carbons (Fsp3) is 0.317. The number of carbonyl (C=O) groups is 10. The smallest absolute Gasteiger partial charge is 0.415 e. The second kappa shape index (κ2) is 27.8. The van der Waals surface area contributed by atoms with Crippen LogP contribution in [0.25, 0.3) is 21.8 Å². The molecular formula is C60H65N11O15. The van der Waals surface area contributed by atoms with Gasteiger partial charge in [-0.1, -0.05) is 44.2 Å². The van der Waals surface area contributed by atoms with E-state index in [0.29, 0.717) is 70.4 Å². The zero-order chi connectivity index (χ0) is 61.8. The number of aliphatic carboxylic acids is 1. The number of benzene rings is 4. The van der Waals surface area contributed by atoms with Crippen LogP contribution in [-0.2, 0) is 46.5 Å². The summed E-state index contributed by atoms with van der Waals surface area (Å²) in [4.78, 5) is 141. The Kier molecular flexibility index (Phi) is 19.9. The minimum absolute atomic E-state index is 0.0105. The number of hydrogen-bond donors (Lipinski definition) is 8. The van der Waals surface area contributed by atoms with Gasteiger partial charge in [-0.25, -0.2) is 19.4 Å². The van der Waals surface area contributed by atoms with Gasteiger partial charge in [0.15, 0.2) is 0 Å². The maximum absolute atomic E-state index is 14.4. The molecule has 26 heteroatoms. The summed E-state index contributed by atoms with van der Waals surface area (Å²) >= 11 is 0. The average Bonchev–Trinajstić information content (AvgIpc) is 1.67. The quantitative estimate of drug-likeness (QED) is 0.0271. The predicted molar refractivity (Wildman–Crippen MR) is 313 cm³/mol. The molecule has 8 rings (SSSR count). The summed E-state index contributed by atoms with van der Waals surface area (Å²) in [6.07, 6.45) is 2.58. The van der Waals surface area contributed by atoms with Gasteiger partial charge < -0.3 is 71.1 Å². The van der Waals surface area contributed by atoms with E-state index in [1.807, 2.05) is 25.1 Å². The van der Waals surface area contributed by atoms with Crippen molar-refractivity contribution in [3.05, 3.63) is 131 Å². The highest BCUT2D eigenvalue weighted by Crippen LogP contribution is 2.42. The van der Waals surface area contributed by atoms with Crippen molar-refractivity contribution in [2.75, 3.05) is 68.5 Å². The standard InChI is InChI=1S/C60H65N11O15/c1-34(2)52(67-58(81)84-27-26-71-49(74)19-20-50(71)75)55(77)63-32-48(73)64-39-15-11-36(12-16-39)33-85-59(82)68(4)24-25-69(22-6-5-10-44(61)57(79)80)60(83)86-47-30-46-42(51-35(3)8-7-9-43(47)51)21-23-70(46)56(78)45-29-38-28-40(31-62-53(38)66-45)65-54(76)37-13-17-41(72)18-14-37/h7-9,11-20,28-31,34,44,52,72H,5-6,10,21-27,32-33,61H2,1-4H3,(H,62,66)(H,63,77)(H,64,73)(H,65,76)(H,67,81)(H,79,80)/t44-,52?/m0/s1. The number of carboxylic acid groups (broad SMARTS) is 1. The van der Waals surface area contributed by atoms with Gasteiger partial charge in [-0.05, 0) is 109 Å². The number of amides is 9. The number of anilines is 3. The average molecular weight is 1180 g/mol. The molecule has 450 valence electrons. The number of ether oxygens (including phenoxy) is 3. The Balaban J connectivity index is 0.859. The summed E-state index contributed by atoms with van der Waals surface area (Å²) in [6.45, 7) is 4.59. The number of nitrogens with one attached hydrogen (secondary N) is 5. The molecule has 0 saturated heterocycles. The number of unbranched alkanes of at least 4 members (excludes halogenated alkanes) is 1. The van der Waals surface area contributed by atoms with Crippen LogP contribution in [0.3, 0.4) is 0 Å². The molecule has 0 saturated carbocycles. The van der Waals surface area contributed by atoms with E-state index in [1.165, 1.54) is 47.3 Å². The van der Waals surface area contributed by atoms with Crippen LogP contribution in [0, 0.1) is 12.8 Å². The molecule has 0 spiro atoms. The minimum Gasteiger partial charge on any atom is -0.508 e. The Bertz CT molecular complexity index is 3600. The fourth-order valence-electron chi connectivity index (χ4n) is 9.60. The topological polar surface area (TPSA) is 355 Å². The third kappa shape index (κ3) is 15.4. The zero-order valence-corrected chi connectivity index (χ0v) is 47.5. The lowest BCUT2D eigenvalue weighted by Gasteiger charge is -2.26. The Morgan fingerprint density at radius 1 is 0.849 bits per heavy atom. The molecule has 1 unspecified atom stereocenters. The fourth-order valence-corrected chi connectivity index (χ4v) is 9.60. The van der Waals surface area contributed by atoms with Crippen LogP contribution in [0.15, 0.2) is 103 Å². The van der Waals surface area contributed by atoms with E-state index in [4.69, 9.17) is 19.9 Å². The number of pyridine rings is 1. The number of aromatic amines is 1. The molecule has 26 nitrogen and oxygen atoms in total. The number of alkyl carbamates (subject to hydrolysis) is 1. The van der Waals surface area contributed by atoms with Crippen LogP contribution in [0.1, 0.15) is 70.6 Å². The van der Waals surface area contributed by atoms with Crippen LogP contribution in [0.4, 0.5) is 31.4 Å². The molecule has 0 radical (unpaired) electrons. The molecule has 2 aliphatic rings. The highest BCUT2D eigenvalue weighted by atomic mass is 16.6. The van der Waals surface area contributed by atoms with Crippen LogP contribution in [-0.4, -0.2) is 160 Å². The van der Waals surface area contributed by atoms with Crippen molar-refractivity contribution in [3.8, 4) is 11.5 Å². The zero-order valence-electron chi connectivity index (χ0n) is 47.5. The number of H-pyrrole nitrogens is 1. The van der Waals surface area contributed by atoms with Gasteiger partial charge in [-0.15, -0.1) is 0 Å². The van der Waals surface area contributed by atoms with Gasteiger partial charge in [-0.2, -0.15) is 0 Å². The number of aromatic hydroxyl groups is 1. The van der Waals surface area contributed by atoms with E-state index in [1.54, 1.807) is 61.2 Å². The SMILES string of the molecule is Cc1cccc2c(OC(=O)N(CCCC[C@H](N)C(=O)O)CCN(C)C(=O)OCc3ccc(NC(=O)CNC(=O)C(NC(=O)OCCN4C(=O)C=CC4=O)C(C)C)cc3)cc3c(c12)CCN3C(=O)c1cc2cc(NC(=O)c3ccc(O)cc3)cnc2[nH]1. The first-order chi connectivity index (χ1) is 41.1. The molecule has 0 fully saturated rings. The first-order valence-corrected chi connectivity index (χ1v) is 27.6. The van der Waals surface area contributed by atoms with Crippen molar-refractivity contribution >= 4 is 98.6 Å². The van der Waals surface area contributed by atoms with E-state index >= 15 is 0 Å². The van der Waals surface area contributed by atoms with Gasteiger partial charge in [0.2, 0.25) is 11.8 Å². The monoisotopic (exact) mass is 1180 g/mol. The Hall–Kier alpha value is -10.4. The molecule has 2 atom stereocenters. The van der Waals surface area contributed by atoms with Gasteiger partial charge >= 0.3 is 24.2 Å². The van der Waals surface area contributed by atoms with E-state index < -0.39 is 78.3 Å². The van der Waals surface area contributed by atoms with Crippen molar-refractivity contribution in [1.82, 2.24) is 35.3 Å². The van der Waals surface area contributed by atoms with E-state index in [0.717, 1.165) is 33.6 Å². The number of nitrogens with two attached hydrogens (primary N) is 1. The van der Waals surface area contributed by atoms with Crippen molar-refractivity contribution in [1.29, 1.82) is 0 Å². The lowest BCUT2D eigenvalue weighted by atomic mass is 9.97. The normalized spacial score (nSPS) is 13.3. The molecule has 86 heavy (non-hydrogen) atoms. The molecule has 9 N–H and O–H groups in total. The molecule has 6 aromatic rings. The molecule has 2 aliphatic heterocycles. The number of imide groups is 1. The second-order valence-electron chi connectivity index (χ2n) is 20.8. The Morgan fingerprint density at radius 3 is 2.29 bits per heavy atom.